The maximum Gasteiger partial charge on any atom is 0.410 e. The van der Waals surface area contributed by atoms with E-state index in [-0.39, 0.29) is 18.2 Å². The number of rotatable bonds is 2. The van der Waals surface area contributed by atoms with E-state index in [0.29, 0.717) is 6.61 Å². The van der Waals surface area contributed by atoms with E-state index >= 15 is 0 Å². The maximum absolute atomic E-state index is 12.1. The average molecular weight is 279 g/mol. The average Bonchev–Trinajstić information content (AvgIpc) is 2.89. The van der Waals surface area contributed by atoms with E-state index in [4.69, 9.17) is 4.74 Å². The molecule has 0 saturated carbocycles. The van der Waals surface area contributed by atoms with Crippen LogP contribution >= 0.6 is 0 Å². The van der Waals surface area contributed by atoms with Gasteiger partial charge >= 0.3 is 6.09 Å². The summed E-state index contributed by atoms with van der Waals surface area (Å²) in [5.74, 6) is 0. The molecule has 4 rings (SSSR count). The molecule has 2 aromatic carbocycles. The Morgan fingerprint density at radius 2 is 1.81 bits per heavy atom. The lowest BCUT2D eigenvalue weighted by Gasteiger charge is -2.37. The van der Waals surface area contributed by atoms with E-state index in [2.05, 4.69) is 36.4 Å². The highest BCUT2D eigenvalue weighted by Crippen LogP contribution is 2.38. The quantitative estimate of drug-likeness (QED) is 0.843. The number of hydrogen-bond acceptors (Lipinski definition) is 2. The Balaban J connectivity index is 1.75. The van der Waals surface area contributed by atoms with Gasteiger partial charge in [0.25, 0.3) is 0 Å². The van der Waals surface area contributed by atoms with Crippen molar-refractivity contribution in [2.24, 2.45) is 0 Å². The third-order valence-electron chi connectivity index (χ3n) is 4.48. The van der Waals surface area contributed by atoms with Crippen molar-refractivity contribution in [1.82, 2.24) is 4.90 Å². The smallest absolute Gasteiger partial charge is 0.410 e. The van der Waals surface area contributed by atoms with Gasteiger partial charge in [-0.1, -0.05) is 54.6 Å². The zero-order valence-electron chi connectivity index (χ0n) is 11.7. The largest absolute Gasteiger partial charge is 0.447 e. The number of carbonyl (C=O) groups excluding carboxylic acids is 1. The highest BCUT2D eigenvalue weighted by atomic mass is 16.6. The van der Waals surface area contributed by atoms with Crippen molar-refractivity contribution in [2.45, 2.75) is 24.9 Å². The molecule has 1 amide bonds. The number of ether oxygens (including phenoxy) is 1. The highest BCUT2D eigenvalue weighted by Gasteiger charge is 2.42. The van der Waals surface area contributed by atoms with Crippen molar-refractivity contribution in [3.8, 4) is 0 Å². The second-order valence-electron chi connectivity index (χ2n) is 5.75. The van der Waals surface area contributed by atoms with Crippen LogP contribution in [0.25, 0.3) is 0 Å². The third kappa shape index (κ3) is 2.09. The molecule has 3 nitrogen and oxygen atoms in total. The fourth-order valence-electron chi connectivity index (χ4n) is 3.50. The summed E-state index contributed by atoms with van der Waals surface area (Å²) in [5.41, 5.74) is 3.85. The predicted octanol–water partition coefficient (Wildman–Crippen LogP) is 3.35. The Hall–Kier alpha value is -2.29. The van der Waals surface area contributed by atoms with E-state index in [0.717, 1.165) is 12.8 Å². The van der Waals surface area contributed by atoms with Crippen molar-refractivity contribution in [1.29, 1.82) is 0 Å². The molecule has 0 radical (unpaired) electrons. The molecule has 3 heteroatoms. The van der Waals surface area contributed by atoms with Crippen LogP contribution < -0.4 is 0 Å². The van der Waals surface area contributed by atoms with Crippen LogP contribution in [0.5, 0.6) is 0 Å². The molecule has 21 heavy (non-hydrogen) atoms. The van der Waals surface area contributed by atoms with Crippen molar-refractivity contribution < 1.29 is 9.53 Å². The summed E-state index contributed by atoms with van der Waals surface area (Å²) in [4.78, 5) is 14.1. The van der Waals surface area contributed by atoms with Crippen molar-refractivity contribution >= 4 is 6.09 Å². The summed E-state index contributed by atoms with van der Waals surface area (Å²) < 4.78 is 5.29. The molecular weight excluding hydrogens is 262 g/mol. The first-order valence-electron chi connectivity index (χ1n) is 7.40. The minimum absolute atomic E-state index is 0.0809. The summed E-state index contributed by atoms with van der Waals surface area (Å²) in [6.07, 6.45) is 1.56. The minimum atomic E-state index is -0.171. The van der Waals surface area contributed by atoms with E-state index in [1.54, 1.807) is 0 Å². The summed E-state index contributed by atoms with van der Waals surface area (Å²) in [6.45, 7) is 0.512. The van der Waals surface area contributed by atoms with Crippen LogP contribution in [0.2, 0.25) is 0 Å². The molecule has 2 aliphatic rings. The molecule has 2 atom stereocenters. The Morgan fingerprint density at radius 1 is 1.05 bits per heavy atom. The van der Waals surface area contributed by atoms with Crippen molar-refractivity contribution in [3.63, 3.8) is 0 Å². The first kappa shape index (κ1) is 12.5. The molecule has 0 unspecified atom stereocenters. The molecule has 0 N–H and O–H groups in total. The molecule has 1 saturated heterocycles. The number of nitrogens with zero attached hydrogens (tertiary/aromatic N) is 1. The van der Waals surface area contributed by atoms with E-state index < -0.39 is 0 Å². The van der Waals surface area contributed by atoms with Crippen molar-refractivity contribution in [3.05, 3.63) is 71.3 Å². The molecule has 0 spiro atoms. The zero-order chi connectivity index (χ0) is 14.2. The van der Waals surface area contributed by atoms with Gasteiger partial charge in [0.05, 0.1) is 12.1 Å². The number of benzene rings is 2. The van der Waals surface area contributed by atoms with Gasteiger partial charge in [-0.25, -0.2) is 4.79 Å². The molecule has 1 fully saturated rings. The van der Waals surface area contributed by atoms with Crippen LogP contribution in [0.4, 0.5) is 4.79 Å². The second kappa shape index (κ2) is 4.92. The molecule has 0 aliphatic carbocycles. The van der Waals surface area contributed by atoms with Gasteiger partial charge in [-0.15, -0.1) is 0 Å². The second-order valence-corrected chi connectivity index (χ2v) is 5.75. The fraction of sp³-hybridized carbons (Fsp3) is 0.278. The topological polar surface area (TPSA) is 29.5 Å². The molecule has 106 valence electrons. The van der Waals surface area contributed by atoms with Gasteiger partial charge in [0.1, 0.15) is 6.61 Å². The summed E-state index contributed by atoms with van der Waals surface area (Å²) in [7, 11) is 0. The molecular formula is C18H17NO2. The molecule has 2 heterocycles. The van der Waals surface area contributed by atoms with Gasteiger partial charge in [-0.05, 0) is 29.5 Å². The molecule has 0 aromatic heterocycles. The van der Waals surface area contributed by atoms with Crippen LogP contribution in [0.1, 0.15) is 22.7 Å². The molecule has 2 aromatic rings. The Kier molecular flexibility index (Phi) is 2.92. The number of cyclic esters (lactones) is 1. The van der Waals surface area contributed by atoms with E-state index in [1.807, 2.05) is 23.1 Å². The van der Waals surface area contributed by atoms with Crippen LogP contribution in [-0.2, 0) is 17.6 Å². The third-order valence-corrected chi connectivity index (χ3v) is 4.48. The SMILES string of the molecule is O=C1OC[C@@H]2Cc3ccccc3[C@@H](Cc3ccccc3)N12. The lowest BCUT2D eigenvalue weighted by atomic mass is 9.86. The fourth-order valence-corrected chi connectivity index (χ4v) is 3.50. The van der Waals surface area contributed by atoms with Crippen LogP contribution in [0.15, 0.2) is 54.6 Å². The molecule has 0 bridgehead atoms. The normalized spacial score (nSPS) is 23.4. The predicted molar refractivity (Wildman–Crippen MR) is 80.0 cm³/mol. The van der Waals surface area contributed by atoms with Gasteiger partial charge in [-0.2, -0.15) is 0 Å². The molecule has 2 aliphatic heterocycles. The van der Waals surface area contributed by atoms with Gasteiger partial charge in [0, 0.05) is 0 Å². The minimum Gasteiger partial charge on any atom is -0.447 e. The van der Waals surface area contributed by atoms with Crippen LogP contribution in [-0.4, -0.2) is 23.6 Å². The van der Waals surface area contributed by atoms with Crippen molar-refractivity contribution in [2.75, 3.05) is 6.61 Å². The first-order chi connectivity index (χ1) is 10.3. The Bertz CT molecular complexity index is 668. The lowest BCUT2D eigenvalue weighted by molar-refractivity contribution is 0.140. The summed E-state index contributed by atoms with van der Waals surface area (Å²) >= 11 is 0. The van der Waals surface area contributed by atoms with Crippen LogP contribution in [0.3, 0.4) is 0 Å². The monoisotopic (exact) mass is 279 g/mol. The lowest BCUT2D eigenvalue weighted by Crippen LogP contribution is -2.43. The maximum atomic E-state index is 12.1. The standard InChI is InChI=1S/C18H17NO2/c20-18-19-15(12-21-18)11-14-8-4-5-9-16(14)17(19)10-13-6-2-1-3-7-13/h1-9,15,17H,10-12H2/t15-,17+/m0/s1. The number of hydrogen-bond donors (Lipinski definition) is 0. The Morgan fingerprint density at radius 3 is 2.67 bits per heavy atom. The first-order valence-corrected chi connectivity index (χ1v) is 7.40. The van der Waals surface area contributed by atoms with Gasteiger partial charge in [0.15, 0.2) is 0 Å². The van der Waals surface area contributed by atoms with E-state index in [9.17, 15) is 4.79 Å². The number of amides is 1. The number of carbonyl (C=O) groups is 1. The highest BCUT2D eigenvalue weighted by molar-refractivity contribution is 5.72. The van der Waals surface area contributed by atoms with Gasteiger partial charge in [0.2, 0.25) is 0 Å². The zero-order valence-corrected chi connectivity index (χ0v) is 11.7. The Labute approximate surface area is 124 Å². The van der Waals surface area contributed by atoms with E-state index in [1.165, 1.54) is 16.7 Å². The summed E-state index contributed by atoms with van der Waals surface area (Å²) in [5, 5.41) is 0. The van der Waals surface area contributed by atoms with Crippen LogP contribution in [0, 0.1) is 0 Å². The summed E-state index contributed by atoms with van der Waals surface area (Å²) in [6, 6.07) is 19.1. The number of fused-ring (bicyclic) bond motifs is 2. The van der Waals surface area contributed by atoms with Gasteiger partial charge < -0.3 is 4.74 Å². The van der Waals surface area contributed by atoms with Gasteiger partial charge in [-0.3, -0.25) is 4.90 Å².